The summed E-state index contributed by atoms with van der Waals surface area (Å²) in [6, 6.07) is 8.87. The molecule has 25 heavy (non-hydrogen) atoms. The van der Waals surface area contributed by atoms with E-state index in [1.807, 2.05) is 17.4 Å². The van der Waals surface area contributed by atoms with E-state index in [2.05, 4.69) is 59.6 Å². The first-order chi connectivity index (χ1) is 11.5. The standard InChI is InChI=1S/C19H26N4S.HI/c1-13-4-5-17(10-14(13)2)22-19(20)21-11-15(3)23-8-6-18-16(12-23)7-9-24-18;/h4-5,7,9-10,15H,6,8,11-12H2,1-3H3,(H3,20,21,22);1H. The number of thiophene rings is 1. The van der Waals surface area contributed by atoms with Crippen LogP contribution in [-0.2, 0) is 13.0 Å². The van der Waals surface area contributed by atoms with Crippen LogP contribution >= 0.6 is 35.3 Å². The predicted octanol–water partition coefficient (Wildman–Crippen LogP) is 4.16. The fourth-order valence-electron chi connectivity index (χ4n) is 3.00. The zero-order valence-electron chi connectivity index (χ0n) is 15.1. The molecule has 1 atom stereocenters. The summed E-state index contributed by atoms with van der Waals surface area (Å²) >= 11 is 1.88. The molecule has 0 saturated heterocycles. The molecule has 1 aromatic carbocycles. The number of nitrogens with zero attached hydrogens (tertiary/aromatic N) is 2. The normalized spacial score (nSPS) is 16.0. The second kappa shape index (κ2) is 9.00. The number of aryl methyl sites for hydroxylation is 2. The lowest BCUT2D eigenvalue weighted by Crippen LogP contribution is -2.39. The van der Waals surface area contributed by atoms with Crippen molar-refractivity contribution in [2.45, 2.75) is 39.8 Å². The van der Waals surface area contributed by atoms with Crippen LogP contribution in [0.3, 0.4) is 0 Å². The van der Waals surface area contributed by atoms with Gasteiger partial charge in [-0.05, 0) is 67.5 Å². The number of benzene rings is 1. The van der Waals surface area contributed by atoms with Crippen molar-refractivity contribution in [3.63, 3.8) is 0 Å². The van der Waals surface area contributed by atoms with E-state index >= 15 is 0 Å². The van der Waals surface area contributed by atoms with Gasteiger partial charge < -0.3 is 11.1 Å². The summed E-state index contributed by atoms with van der Waals surface area (Å²) in [5, 5.41) is 5.39. The lowest BCUT2D eigenvalue weighted by Gasteiger charge is -2.31. The highest BCUT2D eigenvalue weighted by molar-refractivity contribution is 14.0. The van der Waals surface area contributed by atoms with Crippen LogP contribution in [0.4, 0.5) is 5.69 Å². The molecule has 6 heteroatoms. The van der Waals surface area contributed by atoms with Crippen LogP contribution in [-0.4, -0.2) is 30.0 Å². The van der Waals surface area contributed by atoms with Crippen molar-refractivity contribution >= 4 is 47.0 Å². The number of anilines is 1. The summed E-state index contributed by atoms with van der Waals surface area (Å²) in [6.45, 7) is 9.28. The van der Waals surface area contributed by atoms with Gasteiger partial charge in [-0.25, -0.2) is 0 Å². The van der Waals surface area contributed by atoms with Crippen LogP contribution in [0, 0.1) is 13.8 Å². The molecule has 0 amide bonds. The molecule has 1 aliphatic rings. The Bertz CT molecular complexity index is 741. The number of fused-ring (bicyclic) bond motifs is 1. The molecule has 0 fully saturated rings. The van der Waals surface area contributed by atoms with Crippen LogP contribution in [0.25, 0.3) is 0 Å². The zero-order valence-corrected chi connectivity index (χ0v) is 18.2. The fourth-order valence-corrected chi connectivity index (χ4v) is 3.89. The lowest BCUT2D eigenvalue weighted by atomic mass is 10.1. The zero-order chi connectivity index (χ0) is 17.1. The SMILES string of the molecule is Cc1ccc(NC(N)=NCC(C)N2CCc3sccc3C2)cc1C.I. The summed E-state index contributed by atoms with van der Waals surface area (Å²) in [5.74, 6) is 0.485. The minimum absolute atomic E-state index is 0. The fraction of sp³-hybridized carbons (Fsp3) is 0.421. The number of halogens is 1. The average Bonchev–Trinajstić information content (AvgIpc) is 3.03. The smallest absolute Gasteiger partial charge is 0.193 e. The molecule has 4 nitrogen and oxygen atoms in total. The Kier molecular flexibility index (Phi) is 7.27. The van der Waals surface area contributed by atoms with Crippen molar-refractivity contribution < 1.29 is 0 Å². The van der Waals surface area contributed by atoms with Crippen LogP contribution < -0.4 is 11.1 Å². The van der Waals surface area contributed by atoms with Gasteiger partial charge in [0.15, 0.2) is 5.96 Å². The maximum absolute atomic E-state index is 6.05. The first-order valence-electron chi connectivity index (χ1n) is 8.46. The maximum Gasteiger partial charge on any atom is 0.193 e. The van der Waals surface area contributed by atoms with Crippen molar-refractivity contribution in [1.29, 1.82) is 0 Å². The number of rotatable bonds is 4. The van der Waals surface area contributed by atoms with Crippen molar-refractivity contribution in [1.82, 2.24) is 4.90 Å². The Morgan fingerprint density at radius 2 is 2.12 bits per heavy atom. The molecule has 0 saturated carbocycles. The van der Waals surface area contributed by atoms with Crippen LogP contribution in [0.2, 0.25) is 0 Å². The highest BCUT2D eigenvalue weighted by atomic mass is 127. The Morgan fingerprint density at radius 3 is 2.88 bits per heavy atom. The second-order valence-corrected chi connectivity index (χ2v) is 7.59. The molecule has 3 rings (SSSR count). The van der Waals surface area contributed by atoms with Gasteiger partial charge in [-0.2, -0.15) is 0 Å². The van der Waals surface area contributed by atoms with Crippen molar-refractivity contribution in [2.24, 2.45) is 10.7 Å². The maximum atomic E-state index is 6.05. The van der Waals surface area contributed by atoms with Gasteiger partial charge in [-0.1, -0.05) is 6.07 Å². The third-order valence-electron chi connectivity index (χ3n) is 4.77. The van der Waals surface area contributed by atoms with E-state index in [9.17, 15) is 0 Å². The molecular weight excluding hydrogens is 443 g/mol. The van der Waals surface area contributed by atoms with Crippen molar-refractivity contribution in [3.05, 3.63) is 51.2 Å². The van der Waals surface area contributed by atoms with Gasteiger partial charge in [-0.3, -0.25) is 9.89 Å². The van der Waals surface area contributed by atoms with E-state index in [4.69, 9.17) is 5.73 Å². The number of aliphatic imine (C=N–C) groups is 1. The summed E-state index contributed by atoms with van der Waals surface area (Å²) in [5.41, 5.74) is 11.1. The summed E-state index contributed by atoms with van der Waals surface area (Å²) in [4.78, 5) is 8.56. The van der Waals surface area contributed by atoms with E-state index in [0.717, 1.165) is 25.2 Å². The van der Waals surface area contributed by atoms with Gasteiger partial charge in [0.1, 0.15) is 0 Å². The van der Waals surface area contributed by atoms with E-state index in [1.54, 1.807) is 0 Å². The van der Waals surface area contributed by atoms with E-state index in [0.29, 0.717) is 18.5 Å². The summed E-state index contributed by atoms with van der Waals surface area (Å²) < 4.78 is 0. The highest BCUT2D eigenvalue weighted by Crippen LogP contribution is 2.25. The molecule has 136 valence electrons. The Hall–Kier alpha value is -1.12. The summed E-state index contributed by atoms with van der Waals surface area (Å²) in [6.07, 6.45) is 1.15. The molecule has 2 aromatic rings. The number of hydrogen-bond acceptors (Lipinski definition) is 3. The molecule has 1 unspecified atom stereocenters. The third kappa shape index (κ3) is 5.18. The van der Waals surface area contributed by atoms with Gasteiger partial charge in [-0.15, -0.1) is 35.3 Å². The second-order valence-electron chi connectivity index (χ2n) is 6.59. The Morgan fingerprint density at radius 1 is 1.32 bits per heavy atom. The number of nitrogens with one attached hydrogen (secondary N) is 1. The molecule has 1 aliphatic heterocycles. The third-order valence-corrected chi connectivity index (χ3v) is 5.79. The van der Waals surface area contributed by atoms with Crippen molar-refractivity contribution in [3.8, 4) is 0 Å². The lowest BCUT2D eigenvalue weighted by molar-refractivity contribution is 0.197. The highest BCUT2D eigenvalue weighted by Gasteiger charge is 2.21. The van der Waals surface area contributed by atoms with Gasteiger partial charge in [0, 0.05) is 29.7 Å². The van der Waals surface area contributed by atoms with Crippen LogP contribution in [0.15, 0.2) is 34.6 Å². The molecule has 0 aliphatic carbocycles. The predicted molar refractivity (Wildman–Crippen MR) is 119 cm³/mol. The average molecular weight is 470 g/mol. The molecule has 0 bridgehead atoms. The Labute approximate surface area is 171 Å². The number of hydrogen-bond donors (Lipinski definition) is 2. The molecule has 0 radical (unpaired) electrons. The number of nitrogens with two attached hydrogens (primary N) is 1. The van der Waals surface area contributed by atoms with E-state index in [-0.39, 0.29) is 24.0 Å². The van der Waals surface area contributed by atoms with Gasteiger partial charge >= 0.3 is 0 Å². The quantitative estimate of drug-likeness (QED) is 0.401. The number of guanidine groups is 1. The molecule has 1 aromatic heterocycles. The minimum Gasteiger partial charge on any atom is -0.370 e. The van der Waals surface area contributed by atoms with Gasteiger partial charge in [0.05, 0.1) is 6.54 Å². The van der Waals surface area contributed by atoms with E-state index < -0.39 is 0 Å². The molecule has 3 N–H and O–H groups in total. The molecular formula is C19H27IN4S. The first kappa shape index (κ1) is 20.2. The molecule has 2 heterocycles. The van der Waals surface area contributed by atoms with E-state index in [1.165, 1.54) is 21.6 Å². The topological polar surface area (TPSA) is 53.6 Å². The Balaban J connectivity index is 0.00000225. The molecule has 0 spiro atoms. The summed E-state index contributed by atoms with van der Waals surface area (Å²) in [7, 11) is 0. The van der Waals surface area contributed by atoms with Gasteiger partial charge in [0.25, 0.3) is 0 Å². The van der Waals surface area contributed by atoms with Gasteiger partial charge in [0.2, 0.25) is 0 Å². The van der Waals surface area contributed by atoms with Crippen LogP contribution in [0.5, 0.6) is 0 Å². The van der Waals surface area contributed by atoms with Crippen molar-refractivity contribution in [2.75, 3.05) is 18.4 Å². The largest absolute Gasteiger partial charge is 0.370 e. The van der Waals surface area contributed by atoms with Crippen LogP contribution in [0.1, 0.15) is 28.5 Å². The monoisotopic (exact) mass is 470 g/mol. The minimum atomic E-state index is 0. The first-order valence-corrected chi connectivity index (χ1v) is 9.34.